The number of amides is 1. The van der Waals surface area contributed by atoms with Gasteiger partial charge in [0, 0.05) is 17.7 Å². The Hall–Kier alpha value is -2.92. The molecule has 0 aromatic heterocycles. The number of hydrogen-bond donors (Lipinski definition) is 2. The van der Waals surface area contributed by atoms with Gasteiger partial charge in [-0.1, -0.05) is 37.3 Å². The van der Waals surface area contributed by atoms with Crippen LogP contribution in [0.5, 0.6) is 0 Å². The zero-order valence-electron chi connectivity index (χ0n) is 14.3. The molecule has 0 aliphatic heterocycles. The van der Waals surface area contributed by atoms with Crippen molar-refractivity contribution in [3.63, 3.8) is 0 Å². The van der Waals surface area contributed by atoms with Crippen molar-refractivity contribution < 1.29 is 27.5 Å². The number of rotatable bonds is 5. The van der Waals surface area contributed by atoms with Crippen LogP contribution in [-0.2, 0) is 23.4 Å². The Kier molecular flexibility index (Phi) is 5.86. The molecular formula is C19H16F4N2O2. The molecule has 142 valence electrons. The minimum Gasteiger partial charge on any atom is -0.369 e. The number of carbonyl (C=O) groups is 1. The maximum Gasteiger partial charge on any atom is 0.430 e. The van der Waals surface area contributed by atoms with Crippen LogP contribution < -0.4 is 5.32 Å². The second-order valence-corrected chi connectivity index (χ2v) is 5.82. The molecule has 0 saturated heterocycles. The zero-order chi connectivity index (χ0) is 20.2. The molecular weight excluding hydrogens is 364 g/mol. The van der Waals surface area contributed by atoms with E-state index in [2.05, 4.69) is 0 Å². The summed E-state index contributed by atoms with van der Waals surface area (Å²) >= 11 is 0. The predicted octanol–water partition coefficient (Wildman–Crippen LogP) is 3.33. The summed E-state index contributed by atoms with van der Waals surface area (Å²) in [7, 11) is 0. The highest BCUT2D eigenvalue weighted by Gasteiger charge is 2.60. The van der Waals surface area contributed by atoms with E-state index in [4.69, 9.17) is 5.26 Å². The summed E-state index contributed by atoms with van der Waals surface area (Å²) in [4.78, 5) is 12.2. The van der Waals surface area contributed by atoms with E-state index < -0.39 is 35.6 Å². The first-order chi connectivity index (χ1) is 12.6. The molecule has 0 saturated carbocycles. The van der Waals surface area contributed by atoms with Gasteiger partial charge in [-0.05, 0) is 24.1 Å². The van der Waals surface area contributed by atoms with Gasteiger partial charge in [0.25, 0.3) is 11.5 Å². The Morgan fingerprint density at radius 3 is 2.33 bits per heavy atom. The first-order valence-electron chi connectivity index (χ1n) is 7.99. The summed E-state index contributed by atoms with van der Waals surface area (Å²) in [5.74, 6) is -2.55. The van der Waals surface area contributed by atoms with Gasteiger partial charge in [-0.25, -0.2) is 4.39 Å². The summed E-state index contributed by atoms with van der Waals surface area (Å²) in [5, 5.41) is 21.0. The fourth-order valence-corrected chi connectivity index (χ4v) is 2.61. The number of aryl methyl sites for hydroxylation is 1. The lowest BCUT2D eigenvalue weighted by molar-refractivity contribution is -0.257. The lowest BCUT2D eigenvalue weighted by atomic mass is 9.92. The maximum atomic E-state index is 14.1. The normalized spacial score (nSPS) is 13.5. The lowest BCUT2D eigenvalue weighted by Crippen LogP contribution is -2.54. The summed E-state index contributed by atoms with van der Waals surface area (Å²) < 4.78 is 54.4. The Morgan fingerprint density at radius 1 is 1.19 bits per heavy atom. The average Bonchev–Trinajstić information content (AvgIpc) is 2.65. The molecule has 0 aliphatic carbocycles. The van der Waals surface area contributed by atoms with Gasteiger partial charge in [0.1, 0.15) is 5.82 Å². The van der Waals surface area contributed by atoms with E-state index >= 15 is 0 Å². The summed E-state index contributed by atoms with van der Waals surface area (Å²) in [6.45, 7) is 1.16. The van der Waals surface area contributed by atoms with Gasteiger partial charge >= 0.3 is 6.18 Å². The van der Waals surface area contributed by atoms with Crippen molar-refractivity contribution in [3.8, 4) is 6.07 Å². The molecule has 0 bridgehead atoms. The van der Waals surface area contributed by atoms with Gasteiger partial charge < -0.3 is 10.4 Å². The number of aliphatic hydroxyl groups is 1. The van der Waals surface area contributed by atoms with Gasteiger partial charge in [-0.2, -0.15) is 18.4 Å². The molecule has 2 N–H and O–H groups in total. The Balaban J connectivity index is 2.32. The quantitative estimate of drug-likeness (QED) is 0.782. The van der Waals surface area contributed by atoms with Crippen molar-refractivity contribution in [2.24, 2.45) is 0 Å². The van der Waals surface area contributed by atoms with Crippen LogP contribution in [0.15, 0.2) is 42.5 Å². The number of nitriles is 1. The molecule has 0 spiro atoms. The molecule has 0 heterocycles. The molecule has 8 heteroatoms. The van der Waals surface area contributed by atoms with Crippen LogP contribution in [0, 0.1) is 17.1 Å². The van der Waals surface area contributed by atoms with E-state index in [1.165, 1.54) is 24.3 Å². The molecule has 2 rings (SSSR count). The zero-order valence-corrected chi connectivity index (χ0v) is 14.3. The number of benzene rings is 2. The van der Waals surface area contributed by atoms with Crippen molar-refractivity contribution in [3.05, 3.63) is 70.5 Å². The van der Waals surface area contributed by atoms with Gasteiger partial charge in [-0.3, -0.25) is 4.79 Å². The van der Waals surface area contributed by atoms with Crippen molar-refractivity contribution in [2.45, 2.75) is 31.7 Å². The van der Waals surface area contributed by atoms with Crippen LogP contribution in [0.1, 0.15) is 29.2 Å². The standard InChI is InChI=1S/C19H16F4N2O2/c1-2-12-8-14(16(20)9-13(12)10-24)11-25-17(26)18(27,19(21,22)23)15-6-4-3-5-7-15/h3-9,27H,2,11H2,1H3,(H,25,26). The second-order valence-electron chi connectivity index (χ2n) is 5.82. The van der Waals surface area contributed by atoms with Crippen molar-refractivity contribution in [1.82, 2.24) is 5.32 Å². The molecule has 2 aromatic carbocycles. The summed E-state index contributed by atoms with van der Waals surface area (Å²) in [6.07, 6.45) is -4.88. The number of halogens is 4. The Labute approximate surface area is 153 Å². The molecule has 0 radical (unpaired) electrons. The molecule has 2 aromatic rings. The number of carbonyl (C=O) groups excluding carboxylic acids is 1. The number of hydrogen-bond acceptors (Lipinski definition) is 3. The van der Waals surface area contributed by atoms with Gasteiger partial charge in [0.2, 0.25) is 0 Å². The van der Waals surface area contributed by atoms with Gasteiger partial charge in [-0.15, -0.1) is 0 Å². The number of alkyl halides is 3. The molecule has 1 atom stereocenters. The molecule has 1 amide bonds. The van der Waals surface area contributed by atoms with Crippen molar-refractivity contribution in [1.29, 1.82) is 5.26 Å². The second kappa shape index (κ2) is 7.76. The van der Waals surface area contributed by atoms with E-state index in [1.807, 2.05) is 11.4 Å². The van der Waals surface area contributed by atoms with Crippen LogP contribution in [0.3, 0.4) is 0 Å². The maximum absolute atomic E-state index is 14.1. The van der Waals surface area contributed by atoms with E-state index in [0.29, 0.717) is 12.0 Å². The van der Waals surface area contributed by atoms with Crippen LogP contribution in [0.4, 0.5) is 17.6 Å². The first-order valence-corrected chi connectivity index (χ1v) is 7.99. The minimum absolute atomic E-state index is 0.0863. The minimum atomic E-state index is -5.28. The van der Waals surface area contributed by atoms with E-state index in [1.54, 1.807) is 6.92 Å². The highest BCUT2D eigenvalue weighted by Crippen LogP contribution is 2.39. The molecule has 27 heavy (non-hydrogen) atoms. The summed E-state index contributed by atoms with van der Waals surface area (Å²) in [6, 6.07) is 10.0. The van der Waals surface area contributed by atoms with E-state index in [-0.39, 0.29) is 11.1 Å². The predicted molar refractivity (Wildman–Crippen MR) is 88.7 cm³/mol. The topological polar surface area (TPSA) is 73.1 Å². The fourth-order valence-electron chi connectivity index (χ4n) is 2.61. The lowest BCUT2D eigenvalue weighted by Gasteiger charge is -2.29. The van der Waals surface area contributed by atoms with E-state index in [0.717, 1.165) is 18.2 Å². The van der Waals surface area contributed by atoms with Crippen LogP contribution in [0.25, 0.3) is 0 Å². The fraction of sp³-hybridized carbons (Fsp3) is 0.263. The molecule has 0 aliphatic rings. The highest BCUT2D eigenvalue weighted by atomic mass is 19.4. The smallest absolute Gasteiger partial charge is 0.369 e. The Morgan fingerprint density at radius 2 is 1.81 bits per heavy atom. The molecule has 4 nitrogen and oxygen atoms in total. The number of nitrogens with zero attached hydrogens (tertiary/aromatic N) is 1. The molecule has 0 fully saturated rings. The SMILES string of the molecule is CCc1cc(CNC(=O)C(O)(c2ccccc2)C(F)(F)F)c(F)cc1C#N. The third kappa shape index (κ3) is 3.93. The number of nitrogens with one attached hydrogen (secondary N) is 1. The highest BCUT2D eigenvalue weighted by molar-refractivity contribution is 5.87. The monoisotopic (exact) mass is 380 g/mol. The Bertz CT molecular complexity index is 876. The van der Waals surface area contributed by atoms with Crippen molar-refractivity contribution in [2.75, 3.05) is 0 Å². The van der Waals surface area contributed by atoms with Gasteiger partial charge in [0.05, 0.1) is 11.6 Å². The van der Waals surface area contributed by atoms with Crippen LogP contribution in [0.2, 0.25) is 0 Å². The van der Waals surface area contributed by atoms with Crippen molar-refractivity contribution >= 4 is 5.91 Å². The summed E-state index contributed by atoms with van der Waals surface area (Å²) in [5.41, 5.74) is -3.90. The van der Waals surface area contributed by atoms with E-state index in [9.17, 15) is 27.5 Å². The van der Waals surface area contributed by atoms with Gasteiger partial charge in [0.15, 0.2) is 0 Å². The van der Waals surface area contributed by atoms with Crippen LogP contribution in [-0.4, -0.2) is 17.2 Å². The first kappa shape index (κ1) is 20.4. The average molecular weight is 380 g/mol. The van der Waals surface area contributed by atoms with Crippen LogP contribution >= 0.6 is 0 Å². The third-order valence-corrected chi connectivity index (χ3v) is 4.14. The third-order valence-electron chi connectivity index (χ3n) is 4.14. The molecule has 1 unspecified atom stereocenters. The largest absolute Gasteiger partial charge is 0.430 e.